The van der Waals surface area contributed by atoms with E-state index in [1.807, 2.05) is 13.0 Å². The summed E-state index contributed by atoms with van der Waals surface area (Å²) in [5.74, 6) is -0.181. The van der Waals surface area contributed by atoms with Crippen LogP contribution < -0.4 is 5.73 Å². The molecule has 1 aromatic rings. The minimum atomic E-state index is -0.181. The number of nitrogens with two attached hydrogens (primary N) is 1. The average Bonchev–Trinajstić information content (AvgIpc) is 2.40. The predicted octanol–water partition coefficient (Wildman–Crippen LogP) is 2.16. The summed E-state index contributed by atoms with van der Waals surface area (Å²) in [5, 5.41) is 0. The van der Waals surface area contributed by atoms with Crippen molar-refractivity contribution < 1.29 is 4.39 Å². The first-order chi connectivity index (χ1) is 9.43. The number of hydrogen-bond acceptors (Lipinski definition) is 3. The van der Waals surface area contributed by atoms with E-state index in [9.17, 15) is 4.39 Å². The molecule has 1 fully saturated rings. The smallest absolute Gasteiger partial charge is 0.123 e. The maximum atomic E-state index is 13.6. The monoisotopic (exact) mass is 279 g/mol. The Morgan fingerprint density at radius 1 is 1.30 bits per heavy atom. The van der Waals surface area contributed by atoms with E-state index in [4.69, 9.17) is 5.73 Å². The molecule has 0 spiro atoms. The maximum absolute atomic E-state index is 13.6. The van der Waals surface area contributed by atoms with E-state index in [1.165, 1.54) is 6.07 Å². The van der Waals surface area contributed by atoms with E-state index in [-0.39, 0.29) is 11.9 Å². The fraction of sp³-hybridized carbons (Fsp3) is 0.625. The first-order valence-electron chi connectivity index (χ1n) is 7.36. The highest BCUT2D eigenvalue weighted by molar-refractivity contribution is 5.30. The molecule has 4 heteroatoms. The number of hydrogen-bond donors (Lipinski definition) is 1. The van der Waals surface area contributed by atoms with Gasteiger partial charge in [-0.3, -0.25) is 9.80 Å². The fourth-order valence-corrected chi connectivity index (χ4v) is 3.14. The van der Waals surface area contributed by atoms with Gasteiger partial charge in [0.25, 0.3) is 0 Å². The van der Waals surface area contributed by atoms with Gasteiger partial charge in [0, 0.05) is 37.8 Å². The molecule has 1 aromatic carbocycles. The number of rotatable bonds is 3. The molecular formula is C16H26FN3. The summed E-state index contributed by atoms with van der Waals surface area (Å²) in [5.41, 5.74) is 8.14. The van der Waals surface area contributed by atoms with Gasteiger partial charge in [-0.15, -0.1) is 0 Å². The lowest BCUT2D eigenvalue weighted by atomic mass is 9.97. The minimum Gasteiger partial charge on any atom is -0.329 e. The van der Waals surface area contributed by atoms with Gasteiger partial charge < -0.3 is 5.73 Å². The first-order valence-corrected chi connectivity index (χ1v) is 7.36. The zero-order valence-corrected chi connectivity index (χ0v) is 12.9. The molecule has 0 radical (unpaired) electrons. The quantitative estimate of drug-likeness (QED) is 0.920. The standard InChI is InChI=1S/C16H26FN3/c1-11-5-6-14(17)7-15(11)16(8-18)20-9-12(2)19(4)13(3)10-20/h5-7,12-13,16H,8-10,18H2,1-4H3. The van der Waals surface area contributed by atoms with Crippen molar-refractivity contribution in [3.63, 3.8) is 0 Å². The average molecular weight is 279 g/mol. The van der Waals surface area contributed by atoms with E-state index in [1.54, 1.807) is 6.07 Å². The Balaban J connectivity index is 2.26. The van der Waals surface area contributed by atoms with Crippen LogP contribution in [-0.2, 0) is 0 Å². The summed E-state index contributed by atoms with van der Waals surface area (Å²) in [7, 11) is 2.16. The lowest BCUT2D eigenvalue weighted by Crippen LogP contribution is -2.56. The van der Waals surface area contributed by atoms with Crippen molar-refractivity contribution in [2.45, 2.75) is 38.9 Å². The molecule has 2 N–H and O–H groups in total. The zero-order chi connectivity index (χ0) is 14.9. The Bertz CT molecular complexity index is 451. The second kappa shape index (κ2) is 6.20. The summed E-state index contributed by atoms with van der Waals surface area (Å²) in [6.45, 7) is 8.95. The molecule has 112 valence electrons. The molecule has 0 amide bonds. The highest BCUT2D eigenvalue weighted by Gasteiger charge is 2.31. The summed E-state index contributed by atoms with van der Waals surface area (Å²) < 4.78 is 13.6. The Hall–Kier alpha value is -0.970. The predicted molar refractivity (Wildman–Crippen MR) is 81.2 cm³/mol. The van der Waals surface area contributed by atoms with Crippen LogP contribution in [0, 0.1) is 12.7 Å². The number of likely N-dealkylation sites (N-methyl/N-ethyl adjacent to an activating group) is 1. The van der Waals surface area contributed by atoms with Crippen LogP contribution in [0.3, 0.4) is 0 Å². The van der Waals surface area contributed by atoms with Crippen LogP contribution in [0.4, 0.5) is 4.39 Å². The third kappa shape index (κ3) is 3.03. The van der Waals surface area contributed by atoms with Crippen LogP contribution in [0.15, 0.2) is 18.2 Å². The Morgan fingerprint density at radius 3 is 2.45 bits per heavy atom. The summed E-state index contributed by atoms with van der Waals surface area (Å²) >= 11 is 0. The lowest BCUT2D eigenvalue weighted by Gasteiger charge is -2.45. The molecule has 0 bridgehead atoms. The molecule has 1 aliphatic rings. The van der Waals surface area contributed by atoms with Crippen molar-refractivity contribution in [1.29, 1.82) is 0 Å². The van der Waals surface area contributed by atoms with Crippen molar-refractivity contribution in [2.24, 2.45) is 5.73 Å². The van der Waals surface area contributed by atoms with E-state index in [0.717, 1.165) is 24.2 Å². The molecule has 0 aliphatic carbocycles. The number of nitrogens with zero attached hydrogens (tertiary/aromatic N) is 2. The lowest BCUT2D eigenvalue weighted by molar-refractivity contribution is 0.0350. The van der Waals surface area contributed by atoms with Gasteiger partial charge in [-0.1, -0.05) is 6.07 Å². The van der Waals surface area contributed by atoms with E-state index in [0.29, 0.717) is 18.6 Å². The number of aryl methyl sites for hydroxylation is 1. The van der Waals surface area contributed by atoms with Gasteiger partial charge in [0.15, 0.2) is 0 Å². The van der Waals surface area contributed by atoms with Crippen molar-refractivity contribution in [2.75, 3.05) is 26.7 Å². The van der Waals surface area contributed by atoms with Gasteiger partial charge in [0.05, 0.1) is 0 Å². The molecular weight excluding hydrogens is 253 g/mol. The van der Waals surface area contributed by atoms with Crippen LogP contribution in [0.2, 0.25) is 0 Å². The topological polar surface area (TPSA) is 32.5 Å². The van der Waals surface area contributed by atoms with Crippen LogP contribution in [0.1, 0.15) is 31.0 Å². The van der Waals surface area contributed by atoms with Crippen molar-refractivity contribution in [3.8, 4) is 0 Å². The van der Waals surface area contributed by atoms with Crippen LogP contribution in [-0.4, -0.2) is 48.6 Å². The van der Waals surface area contributed by atoms with E-state index < -0.39 is 0 Å². The second-order valence-corrected chi connectivity index (χ2v) is 6.07. The minimum absolute atomic E-state index is 0.101. The van der Waals surface area contributed by atoms with Gasteiger partial charge in [-0.2, -0.15) is 0 Å². The Kier molecular flexibility index (Phi) is 4.78. The first kappa shape index (κ1) is 15.4. The van der Waals surface area contributed by atoms with Gasteiger partial charge in [-0.05, 0) is 51.1 Å². The van der Waals surface area contributed by atoms with Gasteiger partial charge >= 0.3 is 0 Å². The van der Waals surface area contributed by atoms with Crippen molar-refractivity contribution in [1.82, 2.24) is 9.80 Å². The van der Waals surface area contributed by atoms with Crippen LogP contribution >= 0.6 is 0 Å². The summed E-state index contributed by atoms with van der Waals surface area (Å²) in [6, 6.07) is 6.07. The Morgan fingerprint density at radius 2 is 1.90 bits per heavy atom. The molecule has 3 nitrogen and oxygen atoms in total. The molecule has 3 unspecified atom stereocenters. The number of benzene rings is 1. The molecule has 1 aliphatic heterocycles. The van der Waals surface area contributed by atoms with Gasteiger partial charge in [0.1, 0.15) is 5.82 Å². The Labute approximate surface area is 121 Å². The van der Waals surface area contributed by atoms with Crippen LogP contribution in [0.25, 0.3) is 0 Å². The molecule has 0 saturated carbocycles. The van der Waals surface area contributed by atoms with E-state index in [2.05, 4.69) is 30.7 Å². The van der Waals surface area contributed by atoms with Gasteiger partial charge in [-0.25, -0.2) is 4.39 Å². The normalized spacial score (nSPS) is 26.7. The summed E-state index contributed by atoms with van der Waals surface area (Å²) in [4.78, 5) is 4.79. The molecule has 20 heavy (non-hydrogen) atoms. The van der Waals surface area contributed by atoms with Gasteiger partial charge in [0.2, 0.25) is 0 Å². The van der Waals surface area contributed by atoms with Crippen molar-refractivity contribution in [3.05, 3.63) is 35.1 Å². The van der Waals surface area contributed by atoms with Crippen LogP contribution in [0.5, 0.6) is 0 Å². The largest absolute Gasteiger partial charge is 0.329 e. The van der Waals surface area contributed by atoms with E-state index >= 15 is 0 Å². The number of halogens is 1. The summed E-state index contributed by atoms with van der Waals surface area (Å²) in [6.07, 6.45) is 0. The zero-order valence-electron chi connectivity index (χ0n) is 12.9. The molecule has 0 aromatic heterocycles. The third-order valence-electron chi connectivity index (χ3n) is 4.65. The SMILES string of the molecule is Cc1ccc(F)cc1C(CN)N1CC(C)N(C)C(C)C1. The number of piperazine rings is 1. The maximum Gasteiger partial charge on any atom is 0.123 e. The fourth-order valence-electron chi connectivity index (χ4n) is 3.14. The second-order valence-electron chi connectivity index (χ2n) is 6.07. The third-order valence-corrected chi connectivity index (χ3v) is 4.65. The molecule has 1 saturated heterocycles. The van der Waals surface area contributed by atoms with Crippen molar-refractivity contribution >= 4 is 0 Å². The molecule has 3 atom stereocenters. The molecule has 2 rings (SSSR count). The highest BCUT2D eigenvalue weighted by atomic mass is 19.1. The highest BCUT2D eigenvalue weighted by Crippen LogP contribution is 2.27. The molecule has 1 heterocycles.